The molecule has 3 heterocycles. The van der Waals surface area contributed by atoms with Crippen LogP contribution in [0.1, 0.15) is 25.0 Å². The monoisotopic (exact) mass is 400 g/mol. The summed E-state index contributed by atoms with van der Waals surface area (Å²) in [7, 11) is 1.30. The molecule has 0 bridgehead atoms. The van der Waals surface area contributed by atoms with Gasteiger partial charge in [0, 0.05) is 37.7 Å². The molecule has 146 valence electrons. The number of esters is 1. The topological polar surface area (TPSA) is 120 Å². The van der Waals surface area contributed by atoms with Crippen molar-refractivity contribution in [2.75, 3.05) is 32.1 Å². The van der Waals surface area contributed by atoms with Gasteiger partial charge in [-0.1, -0.05) is 11.8 Å². The molecule has 10 heteroatoms. The molecule has 2 aliphatic rings. The van der Waals surface area contributed by atoms with E-state index >= 15 is 0 Å². The van der Waals surface area contributed by atoms with Crippen LogP contribution in [0, 0.1) is 11.3 Å². The smallest absolute Gasteiger partial charge is 0.355 e. The van der Waals surface area contributed by atoms with Gasteiger partial charge in [0.15, 0.2) is 0 Å². The number of thioether (sulfide) groups is 1. The number of nitriles is 1. The van der Waals surface area contributed by atoms with E-state index in [2.05, 4.69) is 31.4 Å². The van der Waals surface area contributed by atoms with E-state index in [4.69, 9.17) is 0 Å². The maximum absolute atomic E-state index is 11.6. The van der Waals surface area contributed by atoms with E-state index in [0.29, 0.717) is 41.8 Å². The van der Waals surface area contributed by atoms with E-state index in [1.54, 1.807) is 17.7 Å². The van der Waals surface area contributed by atoms with Gasteiger partial charge >= 0.3 is 5.97 Å². The van der Waals surface area contributed by atoms with Gasteiger partial charge in [-0.15, -0.1) is 0 Å². The van der Waals surface area contributed by atoms with Crippen molar-refractivity contribution in [3.8, 4) is 6.07 Å². The van der Waals surface area contributed by atoms with Gasteiger partial charge in [0.2, 0.25) is 11.9 Å². The summed E-state index contributed by atoms with van der Waals surface area (Å²) in [5, 5.41) is 17.7. The number of aromatic nitrogens is 2. The minimum atomic E-state index is -0.499. The Kier molecular flexibility index (Phi) is 6.49. The molecule has 1 fully saturated rings. The zero-order chi connectivity index (χ0) is 19.9. The predicted molar refractivity (Wildman–Crippen MR) is 104 cm³/mol. The number of allylic oxidation sites excluding steroid dienone is 1. The Bertz CT molecular complexity index is 876. The number of methoxy groups -OCH3 is 1. The number of amides is 1. The van der Waals surface area contributed by atoms with Crippen LogP contribution in [0.25, 0.3) is 5.57 Å². The largest absolute Gasteiger partial charge is 0.464 e. The lowest BCUT2D eigenvalue weighted by molar-refractivity contribution is -0.136. The van der Waals surface area contributed by atoms with Crippen LogP contribution in [0.3, 0.4) is 0 Å². The maximum Gasteiger partial charge on any atom is 0.355 e. The fourth-order valence-electron chi connectivity index (χ4n) is 2.85. The number of nitrogens with zero attached hydrogens (tertiary/aromatic N) is 4. The van der Waals surface area contributed by atoms with Crippen molar-refractivity contribution in [2.45, 2.75) is 19.3 Å². The van der Waals surface area contributed by atoms with Gasteiger partial charge in [0.25, 0.3) is 0 Å². The fourth-order valence-corrected chi connectivity index (χ4v) is 3.68. The highest BCUT2D eigenvalue weighted by Crippen LogP contribution is 2.31. The number of nitrogens with one attached hydrogen (secondary N) is 2. The zero-order valence-electron chi connectivity index (χ0n) is 15.4. The van der Waals surface area contributed by atoms with Crippen LogP contribution in [0.15, 0.2) is 28.4 Å². The van der Waals surface area contributed by atoms with Crippen LogP contribution < -0.4 is 10.6 Å². The van der Waals surface area contributed by atoms with Crippen molar-refractivity contribution in [3.05, 3.63) is 34.1 Å². The van der Waals surface area contributed by atoms with E-state index in [9.17, 15) is 14.9 Å². The first-order chi connectivity index (χ1) is 13.6. The predicted octanol–water partition coefficient (Wildman–Crippen LogP) is 1.44. The second-order valence-electron chi connectivity index (χ2n) is 6.11. The van der Waals surface area contributed by atoms with Crippen molar-refractivity contribution in [1.29, 1.82) is 5.26 Å². The van der Waals surface area contributed by atoms with E-state index < -0.39 is 5.97 Å². The molecule has 9 nitrogen and oxygen atoms in total. The summed E-state index contributed by atoms with van der Waals surface area (Å²) < 4.78 is 4.67. The summed E-state index contributed by atoms with van der Waals surface area (Å²) >= 11 is 1.23. The number of carbonyl (C=O) groups excluding carboxylic acids is 2. The standard InChI is InChI=1S/C18H20N6O3S/c1-27-17(26)14-11-28-16(22-14)12(10-19)13-5-7-21-18(23-13)20-6-3-9-24-8-2-4-15(24)25/h5,7,11,22H,2-4,6,8-9H2,1H3,(H,20,21,23)/b16-12-. The molecule has 0 unspecified atom stereocenters. The molecule has 1 amide bonds. The lowest BCUT2D eigenvalue weighted by atomic mass is 10.2. The van der Waals surface area contributed by atoms with E-state index in [1.807, 2.05) is 4.90 Å². The first kappa shape index (κ1) is 19.7. The van der Waals surface area contributed by atoms with Crippen LogP contribution in [-0.4, -0.2) is 53.5 Å². The molecule has 2 aliphatic heterocycles. The van der Waals surface area contributed by atoms with Crippen LogP contribution in [0.4, 0.5) is 5.95 Å². The Morgan fingerprint density at radius 2 is 2.39 bits per heavy atom. The Balaban J connectivity index is 1.60. The molecular weight excluding hydrogens is 380 g/mol. The summed E-state index contributed by atoms with van der Waals surface area (Å²) in [6.45, 7) is 2.16. The molecule has 0 spiro atoms. The van der Waals surface area contributed by atoms with Crippen LogP contribution in [-0.2, 0) is 14.3 Å². The molecule has 28 heavy (non-hydrogen) atoms. The van der Waals surface area contributed by atoms with Crippen LogP contribution in [0.2, 0.25) is 0 Å². The molecule has 0 aliphatic carbocycles. The summed E-state index contributed by atoms with van der Waals surface area (Å²) in [6.07, 6.45) is 3.93. The Labute approximate surface area is 166 Å². The number of hydrogen-bond donors (Lipinski definition) is 2. The molecule has 0 saturated carbocycles. The fraction of sp³-hybridized carbons (Fsp3) is 0.389. The second-order valence-corrected chi connectivity index (χ2v) is 6.99. The number of anilines is 1. The Hall–Kier alpha value is -3.06. The zero-order valence-corrected chi connectivity index (χ0v) is 16.2. The average molecular weight is 400 g/mol. The number of hydrogen-bond acceptors (Lipinski definition) is 9. The lowest BCUT2D eigenvalue weighted by Crippen LogP contribution is -2.27. The van der Waals surface area contributed by atoms with Gasteiger partial charge in [-0.05, 0) is 18.9 Å². The Morgan fingerprint density at radius 3 is 3.11 bits per heavy atom. The van der Waals surface area contributed by atoms with Gasteiger partial charge in [0.1, 0.15) is 17.3 Å². The third-order valence-corrected chi connectivity index (χ3v) is 5.15. The number of ether oxygens (including phenoxy) is 1. The maximum atomic E-state index is 11.6. The van der Waals surface area contributed by atoms with Crippen molar-refractivity contribution >= 4 is 35.2 Å². The highest BCUT2D eigenvalue weighted by Gasteiger charge is 2.22. The van der Waals surface area contributed by atoms with Crippen molar-refractivity contribution in [2.24, 2.45) is 0 Å². The SMILES string of the molecule is COC(=O)C1=CS/C(=C(/C#N)c2ccnc(NCCCN3CCCC3=O)n2)N1. The van der Waals surface area contributed by atoms with Gasteiger partial charge in [-0.3, -0.25) is 4.79 Å². The van der Waals surface area contributed by atoms with Crippen LogP contribution >= 0.6 is 11.8 Å². The lowest BCUT2D eigenvalue weighted by Gasteiger charge is -2.15. The minimum absolute atomic E-state index is 0.213. The second kappa shape index (κ2) is 9.23. The average Bonchev–Trinajstić information content (AvgIpc) is 3.35. The third kappa shape index (κ3) is 4.61. The molecule has 0 aromatic carbocycles. The molecule has 0 atom stereocenters. The van der Waals surface area contributed by atoms with Crippen LogP contribution in [0.5, 0.6) is 0 Å². The normalized spacial score (nSPS) is 17.6. The molecule has 3 rings (SSSR count). The van der Waals surface area contributed by atoms with Gasteiger partial charge in [0.05, 0.1) is 17.8 Å². The Morgan fingerprint density at radius 1 is 1.54 bits per heavy atom. The summed E-state index contributed by atoms with van der Waals surface area (Å²) in [4.78, 5) is 33.6. The first-order valence-electron chi connectivity index (χ1n) is 8.84. The number of carbonyl (C=O) groups is 2. The first-order valence-corrected chi connectivity index (χ1v) is 9.72. The van der Waals surface area contributed by atoms with Gasteiger partial charge in [-0.2, -0.15) is 5.26 Å². The quantitative estimate of drug-likeness (QED) is 0.398. The molecule has 2 N–H and O–H groups in total. The van der Waals surface area contributed by atoms with Crippen molar-refractivity contribution in [3.63, 3.8) is 0 Å². The van der Waals surface area contributed by atoms with Gasteiger partial charge < -0.3 is 20.3 Å². The molecule has 1 aromatic rings. The molecular formula is C18H20N6O3S. The summed E-state index contributed by atoms with van der Waals surface area (Å²) in [5.41, 5.74) is 1.04. The van der Waals surface area contributed by atoms with E-state index in [1.165, 1.54) is 18.9 Å². The highest BCUT2D eigenvalue weighted by atomic mass is 32.2. The third-order valence-electron chi connectivity index (χ3n) is 4.26. The van der Waals surface area contributed by atoms with Crippen molar-refractivity contribution < 1.29 is 14.3 Å². The minimum Gasteiger partial charge on any atom is -0.464 e. The van der Waals surface area contributed by atoms with Crippen molar-refractivity contribution in [1.82, 2.24) is 20.2 Å². The molecule has 1 aromatic heterocycles. The van der Waals surface area contributed by atoms with E-state index in [0.717, 1.165) is 19.4 Å². The molecule has 1 saturated heterocycles. The molecule has 0 radical (unpaired) electrons. The van der Waals surface area contributed by atoms with Gasteiger partial charge in [-0.25, -0.2) is 14.8 Å². The number of likely N-dealkylation sites (tertiary alicyclic amines) is 1. The highest BCUT2D eigenvalue weighted by molar-refractivity contribution is 8.06. The summed E-state index contributed by atoms with van der Waals surface area (Å²) in [6, 6.07) is 3.76. The number of rotatable bonds is 7. The summed E-state index contributed by atoms with van der Waals surface area (Å²) in [5.74, 6) is 0.120. The van der Waals surface area contributed by atoms with E-state index in [-0.39, 0.29) is 11.6 Å².